The molecule has 2 aromatic heterocycles. The van der Waals surface area contributed by atoms with Crippen molar-refractivity contribution in [3.05, 3.63) is 48.3 Å². The molecule has 3 heterocycles. The molecule has 4 nitrogen and oxygen atoms in total. The highest BCUT2D eigenvalue weighted by atomic mass is 16.3. The standard InChI is InChI=1S/C15H17NO3/c1-9-13(11-5-3-7-18-11)16-14(10(2)15(9)17)12-6-4-8-19-12/h3-10,13-14,16H,1-2H3/p+1/t9-,10+,13-,14+. The predicted molar refractivity (Wildman–Crippen MR) is 68.2 cm³/mol. The van der Waals surface area contributed by atoms with E-state index in [1.165, 1.54) is 0 Å². The zero-order valence-electron chi connectivity index (χ0n) is 11.1. The van der Waals surface area contributed by atoms with Crippen LogP contribution in [0.1, 0.15) is 37.5 Å². The third-order valence-electron chi connectivity index (χ3n) is 4.13. The van der Waals surface area contributed by atoms with Crippen LogP contribution in [0.4, 0.5) is 0 Å². The van der Waals surface area contributed by atoms with Crippen LogP contribution in [-0.2, 0) is 4.79 Å². The quantitative estimate of drug-likeness (QED) is 0.899. The number of carbonyl (C=O) groups is 1. The molecule has 0 unspecified atom stereocenters. The molecule has 0 radical (unpaired) electrons. The summed E-state index contributed by atoms with van der Waals surface area (Å²) in [5.41, 5.74) is 0. The SMILES string of the molecule is C[C@@H]1C(=O)[C@H](C)[C@H](c2ccco2)[NH2+][C@@H]1c1ccco1. The fourth-order valence-corrected chi connectivity index (χ4v) is 2.97. The Morgan fingerprint density at radius 2 is 1.42 bits per heavy atom. The van der Waals surface area contributed by atoms with Crippen LogP contribution in [0.5, 0.6) is 0 Å². The van der Waals surface area contributed by atoms with E-state index in [4.69, 9.17) is 8.83 Å². The predicted octanol–water partition coefficient (Wildman–Crippen LogP) is 2.07. The minimum Gasteiger partial charge on any atom is -0.463 e. The first kappa shape index (κ1) is 12.2. The lowest BCUT2D eigenvalue weighted by atomic mass is 9.79. The van der Waals surface area contributed by atoms with E-state index in [1.807, 2.05) is 38.1 Å². The largest absolute Gasteiger partial charge is 0.463 e. The highest BCUT2D eigenvalue weighted by Crippen LogP contribution is 2.32. The molecule has 1 saturated heterocycles. The number of ketones is 1. The van der Waals surface area contributed by atoms with Gasteiger partial charge < -0.3 is 14.2 Å². The molecule has 1 aliphatic rings. The van der Waals surface area contributed by atoms with Crippen LogP contribution in [0.2, 0.25) is 0 Å². The summed E-state index contributed by atoms with van der Waals surface area (Å²) < 4.78 is 11.0. The van der Waals surface area contributed by atoms with Crippen molar-refractivity contribution in [2.24, 2.45) is 11.8 Å². The molecule has 4 atom stereocenters. The lowest BCUT2D eigenvalue weighted by Gasteiger charge is -2.33. The number of nitrogens with two attached hydrogens (primary N) is 1. The van der Waals surface area contributed by atoms with Gasteiger partial charge in [-0.1, -0.05) is 0 Å². The van der Waals surface area contributed by atoms with Gasteiger partial charge in [-0.3, -0.25) is 4.79 Å². The molecular weight excluding hydrogens is 242 g/mol. The number of quaternary nitrogens is 1. The van der Waals surface area contributed by atoms with E-state index in [9.17, 15) is 4.79 Å². The van der Waals surface area contributed by atoms with Crippen LogP contribution in [0.15, 0.2) is 45.6 Å². The monoisotopic (exact) mass is 260 g/mol. The third-order valence-corrected chi connectivity index (χ3v) is 4.13. The molecule has 0 bridgehead atoms. The van der Waals surface area contributed by atoms with Gasteiger partial charge in [-0.05, 0) is 38.1 Å². The number of hydrogen-bond donors (Lipinski definition) is 1. The second-order valence-electron chi connectivity index (χ2n) is 5.25. The topological polar surface area (TPSA) is 60.0 Å². The first-order valence-corrected chi connectivity index (χ1v) is 6.64. The Bertz CT molecular complexity index is 496. The molecule has 3 rings (SSSR count). The Balaban J connectivity index is 1.93. The minimum atomic E-state index is -0.0487. The van der Waals surface area contributed by atoms with Gasteiger partial charge in [0.15, 0.2) is 29.4 Å². The van der Waals surface area contributed by atoms with E-state index in [0.717, 1.165) is 11.5 Å². The molecule has 0 aromatic carbocycles. The second kappa shape index (κ2) is 4.70. The molecule has 4 heteroatoms. The van der Waals surface area contributed by atoms with Gasteiger partial charge in [0.2, 0.25) is 0 Å². The summed E-state index contributed by atoms with van der Waals surface area (Å²) in [6.45, 7) is 3.95. The summed E-state index contributed by atoms with van der Waals surface area (Å²) in [5.74, 6) is 1.87. The minimum absolute atomic E-state index is 0.0220. The Hall–Kier alpha value is -1.81. The lowest BCUT2D eigenvalue weighted by Crippen LogP contribution is -2.91. The zero-order chi connectivity index (χ0) is 13.4. The fraction of sp³-hybridized carbons (Fsp3) is 0.400. The van der Waals surface area contributed by atoms with E-state index in [2.05, 4.69) is 5.32 Å². The molecule has 2 N–H and O–H groups in total. The number of carbonyl (C=O) groups excluding carboxylic acids is 1. The summed E-state index contributed by atoms with van der Waals surface area (Å²) in [4.78, 5) is 12.4. The van der Waals surface area contributed by atoms with E-state index >= 15 is 0 Å². The summed E-state index contributed by atoms with van der Waals surface area (Å²) in [6.07, 6.45) is 3.31. The van der Waals surface area contributed by atoms with Gasteiger partial charge in [0.05, 0.1) is 24.4 Å². The molecule has 0 aliphatic carbocycles. The van der Waals surface area contributed by atoms with Crippen molar-refractivity contribution in [2.45, 2.75) is 25.9 Å². The Morgan fingerprint density at radius 3 is 1.79 bits per heavy atom. The second-order valence-corrected chi connectivity index (χ2v) is 5.25. The smallest absolute Gasteiger partial charge is 0.161 e. The van der Waals surface area contributed by atoms with Gasteiger partial charge in [-0.15, -0.1) is 0 Å². The van der Waals surface area contributed by atoms with E-state index in [0.29, 0.717) is 0 Å². The van der Waals surface area contributed by atoms with Crippen LogP contribution < -0.4 is 5.32 Å². The van der Waals surface area contributed by atoms with Crippen molar-refractivity contribution in [3.8, 4) is 0 Å². The summed E-state index contributed by atoms with van der Waals surface area (Å²) in [6, 6.07) is 7.63. The number of Topliss-reactive ketones (excluding diaryl/α,β-unsaturated/α-hetero) is 1. The summed E-state index contributed by atoms with van der Waals surface area (Å²) in [7, 11) is 0. The van der Waals surface area contributed by atoms with Crippen molar-refractivity contribution in [3.63, 3.8) is 0 Å². The number of rotatable bonds is 2. The van der Waals surface area contributed by atoms with Crippen LogP contribution in [0, 0.1) is 11.8 Å². The highest BCUT2D eigenvalue weighted by Gasteiger charge is 2.45. The van der Waals surface area contributed by atoms with Crippen molar-refractivity contribution >= 4 is 5.78 Å². The Morgan fingerprint density at radius 1 is 0.947 bits per heavy atom. The van der Waals surface area contributed by atoms with Gasteiger partial charge in [0.25, 0.3) is 0 Å². The van der Waals surface area contributed by atoms with Gasteiger partial charge >= 0.3 is 0 Å². The molecule has 0 amide bonds. The maximum absolute atomic E-state index is 12.4. The molecule has 1 fully saturated rings. The van der Waals surface area contributed by atoms with Crippen molar-refractivity contribution < 1.29 is 18.9 Å². The highest BCUT2D eigenvalue weighted by molar-refractivity contribution is 5.84. The first-order valence-electron chi connectivity index (χ1n) is 6.64. The number of furan rings is 2. The van der Waals surface area contributed by atoms with Gasteiger partial charge in [0, 0.05) is 0 Å². The van der Waals surface area contributed by atoms with Crippen LogP contribution >= 0.6 is 0 Å². The van der Waals surface area contributed by atoms with Gasteiger partial charge in [-0.25, -0.2) is 0 Å². The van der Waals surface area contributed by atoms with E-state index in [1.54, 1.807) is 12.5 Å². The third kappa shape index (κ3) is 2.02. The summed E-state index contributed by atoms with van der Waals surface area (Å²) >= 11 is 0. The van der Waals surface area contributed by atoms with Crippen molar-refractivity contribution in [2.75, 3.05) is 0 Å². The van der Waals surface area contributed by atoms with Crippen LogP contribution in [0.25, 0.3) is 0 Å². The molecule has 19 heavy (non-hydrogen) atoms. The molecule has 0 spiro atoms. The zero-order valence-corrected chi connectivity index (χ0v) is 11.1. The van der Waals surface area contributed by atoms with E-state index in [-0.39, 0.29) is 29.7 Å². The molecule has 2 aromatic rings. The maximum Gasteiger partial charge on any atom is 0.161 e. The van der Waals surface area contributed by atoms with Gasteiger partial charge in [0.1, 0.15) is 0 Å². The number of hydrogen-bond acceptors (Lipinski definition) is 3. The van der Waals surface area contributed by atoms with Gasteiger partial charge in [-0.2, -0.15) is 0 Å². The molecule has 100 valence electrons. The maximum atomic E-state index is 12.4. The average molecular weight is 260 g/mol. The molecule has 1 aliphatic heterocycles. The number of piperidine rings is 1. The van der Waals surface area contributed by atoms with Crippen molar-refractivity contribution in [1.29, 1.82) is 0 Å². The average Bonchev–Trinajstić information content (AvgIpc) is 3.08. The summed E-state index contributed by atoms with van der Waals surface area (Å²) in [5, 5.41) is 2.19. The van der Waals surface area contributed by atoms with Crippen LogP contribution in [-0.4, -0.2) is 5.78 Å². The normalized spacial score (nSPS) is 31.6. The molecule has 0 saturated carbocycles. The van der Waals surface area contributed by atoms with Crippen LogP contribution in [0.3, 0.4) is 0 Å². The fourth-order valence-electron chi connectivity index (χ4n) is 2.97. The van der Waals surface area contributed by atoms with Crippen molar-refractivity contribution in [1.82, 2.24) is 0 Å². The van der Waals surface area contributed by atoms with E-state index < -0.39 is 0 Å². The Labute approximate surface area is 111 Å². The lowest BCUT2D eigenvalue weighted by molar-refractivity contribution is -0.751. The Kier molecular flexibility index (Phi) is 3.03. The molecular formula is C15H18NO3+. The first-order chi connectivity index (χ1) is 9.18.